The summed E-state index contributed by atoms with van der Waals surface area (Å²) in [4.78, 5) is 52.2. The molecule has 0 unspecified atom stereocenters. The molecule has 32 heavy (non-hydrogen) atoms. The lowest BCUT2D eigenvalue weighted by molar-refractivity contribution is 0.0527. The van der Waals surface area contributed by atoms with Gasteiger partial charge in [-0.25, -0.2) is 4.79 Å². The van der Waals surface area contributed by atoms with Gasteiger partial charge in [-0.05, 0) is 72.0 Å². The number of carbonyl (C=O) groups is 4. The Hall–Kier alpha value is -3.05. The summed E-state index contributed by atoms with van der Waals surface area (Å²) in [5, 5.41) is 3.06. The summed E-state index contributed by atoms with van der Waals surface area (Å²) in [6.45, 7) is 1.85. The first kappa shape index (κ1) is 22.2. The van der Waals surface area contributed by atoms with E-state index < -0.39 is 5.97 Å². The van der Waals surface area contributed by atoms with E-state index >= 15 is 0 Å². The fraction of sp³-hybridized carbons (Fsp3) is 0.130. The van der Waals surface area contributed by atoms with Crippen LogP contribution in [0.3, 0.4) is 0 Å². The number of benzene rings is 2. The molecule has 1 aliphatic heterocycles. The van der Waals surface area contributed by atoms with Gasteiger partial charge in [-0.15, -0.1) is 11.3 Å². The van der Waals surface area contributed by atoms with Gasteiger partial charge in [0.1, 0.15) is 5.00 Å². The molecule has 2 aromatic carbocycles. The van der Waals surface area contributed by atoms with Crippen molar-refractivity contribution < 1.29 is 23.9 Å². The fourth-order valence-electron chi connectivity index (χ4n) is 3.29. The summed E-state index contributed by atoms with van der Waals surface area (Å²) in [5.41, 5.74) is 1.33. The predicted octanol–water partition coefficient (Wildman–Crippen LogP) is 4.58. The van der Waals surface area contributed by atoms with Crippen molar-refractivity contribution in [2.45, 2.75) is 13.5 Å². The molecule has 3 amide bonds. The Balaban J connectivity index is 1.61. The van der Waals surface area contributed by atoms with Crippen molar-refractivity contribution in [3.63, 3.8) is 0 Å². The Morgan fingerprint density at radius 2 is 1.66 bits per heavy atom. The van der Waals surface area contributed by atoms with Crippen molar-refractivity contribution >= 4 is 62.6 Å². The van der Waals surface area contributed by atoms with E-state index in [1.165, 1.54) is 0 Å². The Morgan fingerprint density at radius 1 is 1.03 bits per heavy atom. The largest absolute Gasteiger partial charge is 0.462 e. The van der Waals surface area contributed by atoms with Gasteiger partial charge in [0, 0.05) is 14.0 Å². The van der Waals surface area contributed by atoms with Crippen LogP contribution in [0, 0.1) is 3.57 Å². The molecule has 3 aromatic rings. The van der Waals surface area contributed by atoms with Gasteiger partial charge in [0.25, 0.3) is 17.7 Å². The third kappa shape index (κ3) is 4.30. The van der Waals surface area contributed by atoms with Gasteiger partial charge in [-0.3, -0.25) is 19.3 Å². The highest BCUT2D eigenvalue weighted by Gasteiger charge is 2.35. The molecule has 0 saturated carbocycles. The van der Waals surface area contributed by atoms with Crippen molar-refractivity contribution in [1.29, 1.82) is 0 Å². The van der Waals surface area contributed by atoms with Gasteiger partial charge in [0.2, 0.25) is 0 Å². The number of ether oxygens (including phenoxy) is 1. The number of imide groups is 1. The highest BCUT2D eigenvalue weighted by atomic mass is 127. The molecule has 0 radical (unpaired) electrons. The summed E-state index contributed by atoms with van der Waals surface area (Å²) in [7, 11) is 0. The highest BCUT2D eigenvalue weighted by molar-refractivity contribution is 14.1. The molecule has 0 spiro atoms. The van der Waals surface area contributed by atoms with Gasteiger partial charge in [0.15, 0.2) is 0 Å². The second-order valence-corrected chi connectivity index (χ2v) is 9.26. The van der Waals surface area contributed by atoms with Crippen LogP contribution in [0.4, 0.5) is 5.00 Å². The lowest BCUT2D eigenvalue weighted by atomic mass is 10.1. The maximum absolute atomic E-state index is 12.7. The quantitative estimate of drug-likeness (QED) is 0.271. The number of anilines is 1. The molecular formula is C23H17IN2O5S. The average molecular weight is 560 g/mol. The lowest BCUT2D eigenvalue weighted by Crippen LogP contribution is -2.28. The van der Waals surface area contributed by atoms with Crippen molar-refractivity contribution in [3.05, 3.63) is 85.3 Å². The van der Waals surface area contributed by atoms with Gasteiger partial charge in [-0.2, -0.15) is 0 Å². The maximum Gasteiger partial charge on any atom is 0.341 e. The van der Waals surface area contributed by atoms with Gasteiger partial charge in [0.05, 0.1) is 29.8 Å². The number of nitrogens with zero attached hydrogens (tertiary/aromatic N) is 1. The number of nitrogens with one attached hydrogen (secondary N) is 1. The minimum absolute atomic E-state index is 0.0111. The number of esters is 1. The lowest BCUT2D eigenvalue weighted by Gasteiger charge is -2.12. The molecule has 4 rings (SSSR count). The summed E-state index contributed by atoms with van der Waals surface area (Å²) >= 11 is 3.28. The monoisotopic (exact) mass is 560 g/mol. The van der Waals surface area contributed by atoms with Crippen LogP contribution in [-0.4, -0.2) is 35.2 Å². The molecule has 1 aromatic heterocycles. The summed E-state index contributed by atoms with van der Waals surface area (Å²) in [6, 6.07) is 15.2. The third-order valence-corrected chi connectivity index (χ3v) is 6.56. The molecule has 0 aliphatic carbocycles. The van der Waals surface area contributed by atoms with Crippen LogP contribution in [0.1, 0.15) is 53.2 Å². The van der Waals surface area contributed by atoms with Crippen molar-refractivity contribution in [2.24, 2.45) is 0 Å². The van der Waals surface area contributed by atoms with Crippen LogP contribution in [-0.2, 0) is 11.3 Å². The Morgan fingerprint density at radius 3 is 2.25 bits per heavy atom. The second-order valence-electron chi connectivity index (χ2n) is 6.88. The van der Waals surface area contributed by atoms with E-state index in [9.17, 15) is 19.2 Å². The van der Waals surface area contributed by atoms with Crippen molar-refractivity contribution in [3.8, 4) is 0 Å². The number of thiophene rings is 1. The molecule has 1 aliphatic rings. The van der Waals surface area contributed by atoms with Crippen LogP contribution in [0.15, 0.2) is 54.6 Å². The van der Waals surface area contributed by atoms with Gasteiger partial charge >= 0.3 is 5.97 Å². The number of carbonyl (C=O) groups excluding carboxylic acids is 4. The van der Waals surface area contributed by atoms with E-state index in [-0.39, 0.29) is 36.4 Å². The summed E-state index contributed by atoms with van der Waals surface area (Å²) in [5.74, 6) is -1.74. The molecule has 0 atom stereocenters. The normalized spacial score (nSPS) is 12.6. The molecular weight excluding hydrogens is 543 g/mol. The van der Waals surface area contributed by atoms with Gasteiger partial charge < -0.3 is 10.1 Å². The zero-order chi connectivity index (χ0) is 22.8. The predicted molar refractivity (Wildman–Crippen MR) is 128 cm³/mol. The minimum Gasteiger partial charge on any atom is -0.462 e. The number of hydrogen-bond acceptors (Lipinski definition) is 6. The van der Waals surface area contributed by atoms with Crippen molar-refractivity contribution in [2.75, 3.05) is 11.9 Å². The zero-order valence-corrected chi connectivity index (χ0v) is 19.9. The highest BCUT2D eigenvalue weighted by Crippen LogP contribution is 2.32. The van der Waals surface area contributed by atoms with Crippen LogP contribution in [0.2, 0.25) is 0 Å². The first-order chi connectivity index (χ1) is 15.4. The zero-order valence-electron chi connectivity index (χ0n) is 16.9. The molecule has 0 saturated heterocycles. The third-order valence-electron chi connectivity index (χ3n) is 4.80. The van der Waals surface area contributed by atoms with E-state index in [4.69, 9.17) is 4.74 Å². The first-order valence-corrected chi connectivity index (χ1v) is 11.6. The summed E-state index contributed by atoms with van der Waals surface area (Å²) < 4.78 is 6.11. The number of halogens is 1. The SMILES string of the molecule is CCOC(=O)c1cc(CN2C(=O)c3ccccc3C2=O)sc1NC(=O)c1ccc(I)cc1. The first-order valence-electron chi connectivity index (χ1n) is 9.71. The van der Waals surface area contributed by atoms with Crippen LogP contribution in [0.5, 0.6) is 0 Å². The van der Waals surface area contributed by atoms with E-state index in [0.29, 0.717) is 26.6 Å². The topological polar surface area (TPSA) is 92.8 Å². The second kappa shape index (κ2) is 9.21. The van der Waals surface area contributed by atoms with E-state index in [1.807, 2.05) is 12.1 Å². The number of hydrogen-bond donors (Lipinski definition) is 1. The molecule has 0 fully saturated rings. The van der Waals surface area contributed by atoms with E-state index in [1.54, 1.807) is 49.4 Å². The Labute approximate surface area is 201 Å². The van der Waals surface area contributed by atoms with Crippen LogP contribution >= 0.6 is 33.9 Å². The Bertz CT molecular complexity index is 1200. The fourth-order valence-corrected chi connectivity index (χ4v) is 4.68. The molecule has 7 nitrogen and oxygen atoms in total. The number of fused-ring (bicyclic) bond motifs is 1. The smallest absolute Gasteiger partial charge is 0.341 e. The van der Waals surface area contributed by atoms with Crippen LogP contribution in [0.25, 0.3) is 0 Å². The van der Waals surface area contributed by atoms with Crippen molar-refractivity contribution in [1.82, 2.24) is 4.90 Å². The number of rotatable bonds is 6. The van der Waals surface area contributed by atoms with E-state index in [2.05, 4.69) is 27.9 Å². The maximum atomic E-state index is 12.7. The Kier molecular flexibility index (Phi) is 6.38. The minimum atomic E-state index is -0.588. The average Bonchev–Trinajstić information content (AvgIpc) is 3.29. The summed E-state index contributed by atoms with van der Waals surface area (Å²) in [6.07, 6.45) is 0. The van der Waals surface area contributed by atoms with Gasteiger partial charge in [-0.1, -0.05) is 12.1 Å². The molecule has 1 N–H and O–H groups in total. The molecule has 9 heteroatoms. The molecule has 0 bridgehead atoms. The molecule has 162 valence electrons. The molecule has 2 heterocycles. The number of amides is 3. The van der Waals surface area contributed by atoms with Crippen LogP contribution < -0.4 is 5.32 Å². The van der Waals surface area contributed by atoms with E-state index in [0.717, 1.165) is 19.8 Å². The standard InChI is InChI=1S/C23H17IN2O5S/c1-2-31-23(30)18-11-15(12-26-21(28)16-5-3-4-6-17(16)22(26)29)32-20(18)25-19(27)13-7-9-14(24)10-8-13/h3-11H,2,12H2,1H3,(H,25,27).